The van der Waals surface area contributed by atoms with E-state index in [1.54, 1.807) is 0 Å². The van der Waals surface area contributed by atoms with Gasteiger partial charge in [0, 0.05) is 19.6 Å². The molecule has 0 unspecified atom stereocenters. The summed E-state index contributed by atoms with van der Waals surface area (Å²) in [5.41, 5.74) is 0. The van der Waals surface area contributed by atoms with Crippen LogP contribution in [0.3, 0.4) is 0 Å². The molecule has 0 saturated heterocycles. The monoisotopic (exact) mass is 249 g/mol. The highest BCUT2D eigenvalue weighted by atomic mass is 15.2. The van der Waals surface area contributed by atoms with Gasteiger partial charge >= 0.3 is 0 Å². The van der Waals surface area contributed by atoms with Crippen LogP contribution in [0.4, 0.5) is 11.6 Å². The molecule has 0 aliphatic heterocycles. The molecular weight excluding hydrogens is 222 g/mol. The van der Waals surface area contributed by atoms with E-state index < -0.39 is 0 Å². The molecule has 0 amide bonds. The molecule has 1 rings (SSSR count). The number of hydrogen-bond donors (Lipinski definition) is 1. The molecule has 3 nitrogen and oxygen atoms in total. The Bertz CT molecular complexity index is 337. The second kappa shape index (κ2) is 7.24. The minimum Gasteiger partial charge on any atom is -0.370 e. The molecule has 0 saturated carbocycles. The Labute approximate surface area is 112 Å². The van der Waals surface area contributed by atoms with Gasteiger partial charge in [-0.05, 0) is 30.9 Å². The predicted octanol–water partition coefficient (Wildman–Crippen LogP) is 3.63. The molecule has 0 radical (unpaired) electrons. The van der Waals surface area contributed by atoms with Gasteiger partial charge in [0.1, 0.15) is 11.6 Å². The minimum atomic E-state index is 0.647. The van der Waals surface area contributed by atoms with E-state index in [9.17, 15) is 0 Å². The van der Waals surface area contributed by atoms with Crippen LogP contribution in [0.15, 0.2) is 18.2 Å². The number of aromatic nitrogens is 1. The lowest BCUT2D eigenvalue weighted by Gasteiger charge is -2.27. The van der Waals surface area contributed by atoms with Crippen molar-refractivity contribution in [3.8, 4) is 0 Å². The van der Waals surface area contributed by atoms with Crippen molar-refractivity contribution in [3.05, 3.63) is 18.2 Å². The van der Waals surface area contributed by atoms with E-state index in [1.165, 1.54) is 0 Å². The number of nitrogens with zero attached hydrogens (tertiary/aromatic N) is 2. The van der Waals surface area contributed by atoms with Crippen LogP contribution in [0.1, 0.15) is 34.6 Å². The maximum Gasteiger partial charge on any atom is 0.130 e. The lowest BCUT2D eigenvalue weighted by molar-refractivity contribution is 0.549. The first kappa shape index (κ1) is 14.8. The van der Waals surface area contributed by atoms with Gasteiger partial charge in [-0.1, -0.05) is 33.8 Å². The Morgan fingerprint density at radius 1 is 1.11 bits per heavy atom. The summed E-state index contributed by atoms with van der Waals surface area (Å²) < 4.78 is 0. The van der Waals surface area contributed by atoms with E-state index in [4.69, 9.17) is 0 Å². The van der Waals surface area contributed by atoms with Crippen molar-refractivity contribution < 1.29 is 0 Å². The maximum atomic E-state index is 4.68. The van der Waals surface area contributed by atoms with Gasteiger partial charge in [0.05, 0.1) is 0 Å². The molecular formula is C15H27N3. The molecule has 0 spiro atoms. The highest BCUT2D eigenvalue weighted by molar-refractivity contribution is 5.47. The van der Waals surface area contributed by atoms with Gasteiger partial charge < -0.3 is 10.2 Å². The molecule has 1 heterocycles. The van der Waals surface area contributed by atoms with Crippen molar-refractivity contribution in [1.82, 2.24) is 4.98 Å². The largest absolute Gasteiger partial charge is 0.370 e. The van der Waals surface area contributed by atoms with Crippen LogP contribution in [-0.2, 0) is 0 Å². The normalized spacial score (nSPS) is 11.1. The molecule has 18 heavy (non-hydrogen) atoms. The zero-order valence-corrected chi connectivity index (χ0v) is 12.4. The van der Waals surface area contributed by atoms with E-state index in [1.807, 2.05) is 6.07 Å². The molecule has 1 N–H and O–H groups in total. The average Bonchev–Trinajstić information content (AvgIpc) is 2.28. The van der Waals surface area contributed by atoms with E-state index >= 15 is 0 Å². The molecule has 1 aromatic heterocycles. The maximum absolute atomic E-state index is 4.68. The van der Waals surface area contributed by atoms with Crippen LogP contribution in [-0.4, -0.2) is 24.6 Å². The average molecular weight is 249 g/mol. The number of hydrogen-bond acceptors (Lipinski definition) is 3. The number of anilines is 2. The molecule has 3 heteroatoms. The van der Waals surface area contributed by atoms with Crippen molar-refractivity contribution in [2.24, 2.45) is 11.8 Å². The van der Waals surface area contributed by atoms with Crippen molar-refractivity contribution in [2.75, 3.05) is 29.9 Å². The topological polar surface area (TPSA) is 28.2 Å². The summed E-state index contributed by atoms with van der Waals surface area (Å²) in [5.74, 6) is 3.34. The molecule has 0 aliphatic rings. The van der Waals surface area contributed by atoms with Gasteiger partial charge in [-0.25, -0.2) is 4.98 Å². The Morgan fingerprint density at radius 2 is 1.72 bits per heavy atom. The molecule has 1 aromatic rings. The first-order chi connectivity index (χ1) is 8.52. The van der Waals surface area contributed by atoms with Gasteiger partial charge in [-0.2, -0.15) is 0 Å². The number of nitrogens with one attached hydrogen (secondary N) is 1. The summed E-state index contributed by atoms with van der Waals surface area (Å²) in [5, 5.41) is 3.27. The summed E-state index contributed by atoms with van der Waals surface area (Å²) in [6.07, 6.45) is 0. The fourth-order valence-corrected chi connectivity index (χ4v) is 2.02. The standard InChI is InChI=1S/C15H27N3/c1-6-16-14-8-7-9-15(17-14)18(10-12(2)3)11-13(4)5/h7-9,12-13H,6,10-11H2,1-5H3,(H,16,17). The van der Waals surface area contributed by atoms with Crippen LogP contribution in [0.25, 0.3) is 0 Å². The lowest BCUT2D eigenvalue weighted by atomic mass is 10.1. The predicted molar refractivity (Wildman–Crippen MR) is 80.3 cm³/mol. The summed E-state index contributed by atoms with van der Waals surface area (Å²) in [6, 6.07) is 6.20. The first-order valence-corrected chi connectivity index (χ1v) is 6.98. The number of pyridine rings is 1. The molecule has 0 aliphatic carbocycles. The Balaban J connectivity index is 2.85. The summed E-state index contributed by atoms with van der Waals surface area (Å²) in [7, 11) is 0. The molecule has 0 fully saturated rings. The smallest absolute Gasteiger partial charge is 0.130 e. The van der Waals surface area contributed by atoms with Gasteiger partial charge in [0.25, 0.3) is 0 Å². The number of rotatable bonds is 7. The summed E-state index contributed by atoms with van der Waals surface area (Å²) in [6.45, 7) is 14.1. The Hall–Kier alpha value is -1.25. The van der Waals surface area contributed by atoms with Crippen LogP contribution >= 0.6 is 0 Å². The van der Waals surface area contributed by atoms with Crippen LogP contribution in [0.5, 0.6) is 0 Å². The van der Waals surface area contributed by atoms with Gasteiger partial charge in [0.2, 0.25) is 0 Å². The third-order valence-corrected chi connectivity index (χ3v) is 2.59. The van der Waals surface area contributed by atoms with Crippen LogP contribution in [0.2, 0.25) is 0 Å². The lowest BCUT2D eigenvalue weighted by Crippen LogP contribution is -2.32. The van der Waals surface area contributed by atoms with Crippen LogP contribution in [0, 0.1) is 11.8 Å². The van der Waals surface area contributed by atoms with Gasteiger partial charge in [0.15, 0.2) is 0 Å². The van der Waals surface area contributed by atoms with Gasteiger partial charge in [-0.3, -0.25) is 0 Å². The first-order valence-electron chi connectivity index (χ1n) is 6.98. The van der Waals surface area contributed by atoms with Crippen molar-refractivity contribution >= 4 is 11.6 Å². The SMILES string of the molecule is CCNc1cccc(N(CC(C)C)CC(C)C)n1. The van der Waals surface area contributed by atoms with E-state index in [0.29, 0.717) is 11.8 Å². The van der Waals surface area contributed by atoms with E-state index in [-0.39, 0.29) is 0 Å². The highest BCUT2D eigenvalue weighted by Crippen LogP contribution is 2.17. The van der Waals surface area contributed by atoms with Crippen molar-refractivity contribution in [2.45, 2.75) is 34.6 Å². The zero-order valence-electron chi connectivity index (χ0n) is 12.4. The highest BCUT2D eigenvalue weighted by Gasteiger charge is 2.12. The third-order valence-electron chi connectivity index (χ3n) is 2.59. The van der Waals surface area contributed by atoms with Gasteiger partial charge in [-0.15, -0.1) is 0 Å². The fraction of sp³-hybridized carbons (Fsp3) is 0.667. The Morgan fingerprint density at radius 3 is 2.22 bits per heavy atom. The second-order valence-corrected chi connectivity index (χ2v) is 5.60. The molecule has 102 valence electrons. The van der Waals surface area contributed by atoms with Crippen LogP contribution < -0.4 is 10.2 Å². The molecule has 0 atom stereocenters. The molecule has 0 bridgehead atoms. The van der Waals surface area contributed by atoms with E-state index in [2.05, 4.69) is 62.0 Å². The van der Waals surface area contributed by atoms with Crippen molar-refractivity contribution in [1.29, 1.82) is 0 Å². The van der Waals surface area contributed by atoms with Crippen molar-refractivity contribution in [3.63, 3.8) is 0 Å². The molecule has 0 aromatic carbocycles. The minimum absolute atomic E-state index is 0.647. The van der Waals surface area contributed by atoms with E-state index in [0.717, 1.165) is 31.3 Å². The fourth-order valence-electron chi connectivity index (χ4n) is 2.02. The summed E-state index contributed by atoms with van der Waals surface area (Å²) >= 11 is 0. The third kappa shape index (κ3) is 4.94. The summed E-state index contributed by atoms with van der Waals surface area (Å²) in [4.78, 5) is 7.07. The quantitative estimate of drug-likeness (QED) is 0.800. The second-order valence-electron chi connectivity index (χ2n) is 5.60. The Kier molecular flexibility index (Phi) is 5.96. The zero-order chi connectivity index (χ0) is 13.5.